The molecule has 1 N–H and O–H groups in total. The second kappa shape index (κ2) is 5.96. The minimum Gasteiger partial charge on any atom is -0.482 e. The van der Waals surface area contributed by atoms with Crippen molar-refractivity contribution in [3.05, 3.63) is 44.8 Å². The van der Waals surface area contributed by atoms with Crippen molar-refractivity contribution in [2.24, 2.45) is 11.8 Å². The van der Waals surface area contributed by atoms with Gasteiger partial charge in [0, 0.05) is 17.2 Å². The highest BCUT2D eigenvalue weighted by atomic mass is 16.5. The summed E-state index contributed by atoms with van der Waals surface area (Å²) in [4.78, 5) is 12.3. The van der Waals surface area contributed by atoms with Gasteiger partial charge in [0.1, 0.15) is 16.9 Å². The highest BCUT2D eigenvalue weighted by Crippen LogP contribution is 2.50. The van der Waals surface area contributed by atoms with Gasteiger partial charge >= 0.3 is 5.63 Å². The smallest absolute Gasteiger partial charge is 0.336 e. The number of hydrogen-bond acceptors (Lipinski definition) is 4. The first-order valence-electron chi connectivity index (χ1n) is 9.83. The number of hydrogen-bond donors (Lipinski definition) is 1. The molecule has 1 aromatic heterocycles. The molecule has 1 aliphatic heterocycles. The van der Waals surface area contributed by atoms with E-state index in [9.17, 15) is 9.90 Å². The minimum atomic E-state index is -0.662. The number of rotatable bonds is 1. The molecule has 27 heavy (non-hydrogen) atoms. The van der Waals surface area contributed by atoms with Crippen LogP contribution in [0.3, 0.4) is 0 Å². The highest BCUT2D eigenvalue weighted by Gasteiger charge is 2.38. The Morgan fingerprint density at radius 1 is 1.26 bits per heavy atom. The normalized spacial score (nSPS) is 26.0. The van der Waals surface area contributed by atoms with Crippen LogP contribution in [0.2, 0.25) is 0 Å². The van der Waals surface area contributed by atoms with Gasteiger partial charge in [-0.05, 0) is 55.2 Å². The number of aliphatic hydroxyl groups is 1. The fourth-order valence-corrected chi connectivity index (χ4v) is 4.42. The molecule has 4 heteroatoms. The predicted octanol–water partition coefficient (Wildman–Crippen LogP) is 4.96. The maximum atomic E-state index is 12.3. The van der Waals surface area contributed by atoms with Crippen molar-refractivity contribution < 1.29 is 14.3 Å². The Kier molecular flexibility index (Phi) is 4.04. The Labute approximate surface area is 159 Å². The van der Waals surface area contributed by atoms with E-state index in [1.165, 1.54) is 0 Å². The summed E-state index contributed by atoms with van der Waals surface area (Å²) in [6.45, 7) is 12.4. The molecule has 4 nitrogen and oxygen atoms in total. The Balaban J connectivity index is 2.20. The van der Waals surface area contributed by atoms with Crippen molar-refractivity contribution in [3.63, 3.8) is 0 Å². The number of ether oxygens (including phenoxy) is 1. The van der Waals surface area contributed by atoms with Crippen molar-refractivity contribution in [2.75, 3.05) is 0 Å². The Bertz CT molecular complexity index is 1010. The summed E-state index contributed by atoms with van der Waals surface area (Å²) >= 11 is 0. The molecule has 2 aromatic rings. The Hall–Kier alpha value is -2.07. The van der Waals surface area contributed by atoms with Crippen LogP contribution in [0.5, 0.6) is 5.75 Å². The summed E-state index contributed by atoms with van der Waals surface area (Å²) in [5.41, 5.74) is 3.42. The lowest BCUT2D eigenvalue weighted by atomic mass is 9.72. The van der Waals surface area contributed by atoms with Crippen molar-refractivity contribution >= 4 is 17.0 Å². The number of aliphatic hydroxyl groups excluding tert-OH is 1. The average molecular weight is 368 g/mol. The van der Waals surface area contributed by atoms with Gasteiger partial charge in [-0.2, -0.15) is 0 Å². The summed E-state index contributed by atoms with van der Waals surface area (Å²) in [6, 6.07) is 1.57. The molecule has 0 amide bonds. The van der Waals surface area contributed by atoms with Gasteiger partial charge in [-0.25, -0.2) is 4.79 Å². The van der Waals surface area contributed by atoms with Crippen molar-refractivity contribution in [2.45, 2.75) is 65.6 Å². The molecule has 0 fully saturated rings. The van der Waals surface area contributed by atoms with Crippen molar-refractivity contribution in [3.8, 4) is 5.75 Å². The van der Waals surface area contributed by atoms with E-state index in [1.54, 1.807) is 6.07 Å². The third-order valence-corrected chi connectivity index (χ3v) is 6.21. The van der Waals surface area contributed by atoms with E-state index >= 15 is 0 Å². The van der Waals surface area contributed by atoms with Gasteiger partial charge in [-0.15, -0.1) is 0 Å². The first-order chi connectivity index (χ1) is 12.6. The number of benzene rings is 1. The monoisotopic (exact) mass is 368 g/mol. The molecule has 0 unspecified atom stereocenters. The topological polar surface area (TPSA) is 59.7 Å². The first kappa shape index (κ1) is 18.3. The zero-order valence-corrected chi connectivity index (χ0v) is 16.9. The van der Waals surface area contributed by atoms with Crippen LogP contribution >= 0.6 is 0 Å². The van der Waals surface area contributed by atoms with Crippen LogP contribution in [-0.4, -0.2) is 10.7 Å². The van der Waals surface area contributed by atoms with Crippen LogP contribution in [-0.2, 0) is 6.42 Å². The third-order valence-electron chi connectivity index (χ3n) is 6.21. The molecule has 1 aromatic carbocycles. The maximum Gasteiger partial charge on any atom is 0.336 e. The van der Waals surface area contributed by atoms with E-state index in [0.29, 0.717) is 11.5 Å². The molecular weight excluding hydrogens is 340 g/mol. The van der Waals surface area contributed by atoms with Gasteiger partial charge in [-0.3, -0.25) is 0 Å². The van der Waals surface area contributed by atoms with Crippen molar-refractivity contribution in [1.82, 2.24) is 0 Å². The molecule has 0 saturated heterocycles. The lowest BCUT2D eigenvalue weighted by Crippen LogP contribution is -2.31. The van der Waals surface area contributed by atoms with Crippen LogP contribution in [0.4, 0.5) is 0 Å². The summed E-state index contributed by atoms with van der Waals surface area (Å²) in [5.74, 6) is 1.33. The zero-order valence-electron chi connectivity index (χ0n) is 16.9. The van der Waals surface area contributed by atoms with Crippen LogP contribution in [0.25, 0.3) is 17.0 Å². The molecule has 3 atom stereocenters. The quantitative estimate of drug-likeness (QED) is 0.723. The van der Waals surface area contributed by atoms with Crippen molar-refractivity contribution in [1.29, 1.82) is 0 Å². The zero-order chi connectivity index (χ0) is 19.7. The molecule has 0 radical (unpaired) electrons. The largest absolute Gasteiger partial charge is 0.482 e. The average Bonchev–Trinajstić information content (AvgIpc) is 2.57. The second-order valence-corrected chi connectivity index (χ2v) is 9.04. The second-order valence-electron chi connectivity index (χ2n) is 9.04. The van der Waals surface area contributed by atoms with Crippen LogP contribution in [0.1, 0.15) is 75.8 Å². The van der Waals surface area contributed by atoms with E-state index in [4.69, 9.17) is 9.15 Å². The van der Waals surface area contributed by atoms with Gasteiger partial charge in [0.05, 0.1) is 11.5 Å². The summed E-state index contributed by atoms with van der Waals surface area (Å²) in [6.07, 6.45) is 4.34. The van der Waals surface area contributed by atoms with Gasteiger partial charge in [-0.1, -0.05) is 33.8 Å². The van der Waals surface area contributed by atoms with E-state index in [-0.39, 0.29) is 17.5 Å². The SMILES string of the molecule is CC(C)c1cc(=O)oc2c3c(c4c(c12)OC(C)(C)C=C4)C[C@H](C)[C@@H](C)[C@@H]3O. The lowest BCUT2D eigenvalue weighted by Gasteiger charge is -2.37. The molecular formula is C23H28O4. The van der Waals surface area contributed by atoms with E-state index in [0.717, 1.165) is 39.8 Å². The van der Waals surface area contributed by atoms with E-state index < -0.39 is 11.7 Å². The van der Waals surface area contributed by atoms with Gasteiger partial charge in [0.15, 0.2) is 0 Å². The van der Waals surface area contributed by atoms with Gasteiger partial charge in [0.25, 0.3) is 0 Å². The molecule has 0 saturated carbocycles. The molecule has 2 aliphatic rings. The summed E-state index contributed by atoms with van der Waals surface area (Å²) in [7, 11) is 0. The molecule has 0 bridgehead atoms. The van der Waals surface area contributed by atoms with Gasteiger partial charge in [0.2, 0.25) is 0 Å². The van der Waals surface area contributed by atoms with Crippen LogP contribution < -0.4 is 10.4 Å². The molecule has 4 rings (SSSR count). The molecule has 144 valence electrons. The molecule has 2 heterocycles. The molecule has 0 spiro atoms. The standard InChI is InChI=1S/C23H28O4/c1-11(2)15-10-17(24)26-22-18-16(9-12(3)13(4)20(18)25)14-7-8-23(5,6)27-21(14)19(15)22/h7-8,10-13,20,25H,9H2,1-6H3/t12-,13+,20-/m0/s1. The van der Waals surface area contributed by atoms with Crippen LogP contribution in [0, 0.1) is 11.8 Å². The third kappa shape index (κ3) is 2.73. The fourth-order valence-electron chi connectivity index (χ4n) is 4.42. The minimum absolute atomic E-state index is 0.0942. The van der Waals surface area contributed by atoms with E-state index in [1.807, 2.05) is 13.8 Å². The molecule has 1 aliphatic carbocycles. The Morgan fingerprint density at radius 2 is 1.96 bits per heavy atom. The summed E-state index contributed by atoms with van der Waals surface area (Å²) in [5, 5.41) is 11.9. The maximum absolute atomic E-state index is 12.3. The number of fused-ring (bicyclic) bond motifs is 6. The lowest BCUT2D eigenvalue weighted by molar-refractivity contribution is 0.0755. The highest BCUT2D eigenvalue weighted by molar-refractivity contribution is 5.96. The van der Waals surface area contributed by atoms with Crippen LogP contribution in [0.15, 0.2) is 21.4 Å². The predicted molar refractivity (Wildman–Crippen MR) is 107 cm³/mol. The fraction of sp³-hybridized carbons (Fsp3) is 0.522. The Morgan fingerprint density at radius 3 is 2.63 bits per heavy atom. The van der Waals surface area contributed by atoms with Gasteiger partial charge < -0.3 is 14.3 Å². The first-order valence-corrected chi connectivity index (χ1v) is 9.83. The summed E-state index contributed by atoms with van der Waals surface area (Å²) < 4.78 is 12.1. The van der Waals surface area contributed by atoms with E-state index in [2.05, 4.69) is 39.8 Å².